The minimum Gasteiger partial charge on any atom is -0.460 e. The van der Waals surface area contributed by atoms with E-state index >= 15 is 0 Å². The Morgan fingerprint density at radius 3 is 2.39 bits per heavy atom. The van der Waals surface area contributed by atoms with Crippen LogP contribution in [0.2, 0.25) is 0 Å². The molecule has 0 aliphatic rings. The van der Waals surface area contributed by atoms with Crippen molar-refractivity contribution in [2.75, 3.05) is 0 Å². The summed E-state index contributed by atoms with van der Waals surface area (Å²) in [5, 5.41) is 0.394. The van der Waals surface area contributed by atoms with E-state index in [2.05, 4.69) is 0 Å². The third-order valence-corrected chi connectivity index (χ3v) is 4.39. The molecule has 0 atom stereocenters. The van der Waals surface area contributed by atoms with Crippen LogP contribution in [0, 0.1) is 12.7 Å². The number of halogens is 1. The van der Waals surface area contributed by atoms with Crippen molar-refractivity contribution >= 4 is 16.9 Å². The summed E-state index contributed by atoms with van der Waals surface area (Å²) in [6.45, 7) is 1.72. The van der Waals surface area contributed by atoms with Gasteiger partial charge in [0, 0.05) is 6.07 Å². The number of carbonyl (C=O) groups is 1. The van der Waals surface area contributed by atoms with Gasteiger partial charge in [-0.3, -0.25) is 4.79 Å². The molecule has 0 bridgehead atoms. The van der Waals surface area contributed by atoms with E-state index in [1.54, 1.807) is 13.0 Å². The molecule has 3 aromatic carbocycles. The molecule has 0 spiro atoms. The Balaban J connectivity index is 1.71. The lowest BCUT2D eigenvalue weighted by Gasteiger charge is -2.09. The molecular weight excluding hydrogens is 359 g/mol. The first-order chi connectivity index (χ1) is 13.5. The van der Waals surface area contributed by atoms with Gasteiger partial charge < -0.3 is 9.15 Å². The number of carbonyl (C=O) groups excluding carboxylic acids is 1. The number of aryl methyl sites for hydroxylation is 1. The van der Waals surface area contributed by atoms with Crippen LogP contribution in [-0.2, 0) is 0 Å². The summed E-state index contributed by atoms with van der Waals surface area (Å²) in [6, 6.07) is 19.0. The van der Waals surface area contributed by atoms with Gasteiger partial charge in [0.15, 0.2) is 0 Å². The standard InChI is InChI=1S/C23H15FO4/c1-14-21(15-5-3-2-4-6-15)22(25)19-12-11-18(13-20(19)27-14)28-23(26)16-7-9-17(24)10-8-16/h2-13H,1H3. The summed E-state index contributed by atoms with van der Waals surface area (Å²) in [4.78, 5) is 25.1. The lowest BCUT2D eigenvalue weighted by Crippen LogP contribution is -2.10. The topological polar surface area (TPSA) is 56.5 Å². The second kappa shape index (κ2) is 7.12. The predicted octanol–water partition coefficient (Wildman–Crippen LogP) is 5.13. The highest BCUT2D eigenvalue weighted by atomic mass is 19.1. The number of ether oxygens (including phenoxy) is 1. The number of rotatable bonds is 3. The van der Waals surface area contributed by atoms with E-state index in [0.29, 0.717) is 22.3 Å². The Kier molecular flexibility index (Phi) is 4.49. The van der Waals surface area contributed by atoms with Crippen molar-refractivity contribution in [3.63, 3.8) is 0 Å². The Morgan fingerprint density at radius 1 is 0.964 bits per heavy atom. The molecule has 4 rings (SSSR count). The Labute approximate surface area is 159 Å². The Bertz CT molecular complexity index is 1230. The lowest BCUT2D eigenvalue weighted by molar-refractivity contribution is 0.0735. The van der Waals surface area contributed by atoms with E-state index in [0.717, 1.165) is 5.56 Å². The van der Waals surface area contributed by atoms with Crippen LogP contribution in [0.4, 0.5) is 4.39 Å². The van der Waals surface area contributed by atoms with Crippen LogP contribution in [0.25, 0.3) is 22.1 Å². The molecule has 0 aliphatic heterocycles. The van der Waals surface area contributed by atoms with E-state index in [1.807, 2.05) is 30.3 Å². The summed E-state index contributed by atoms with van der Waals surface area (Å²) in [6.07, 6.45) is 0. The van der Waals surface area contributed by atoms with Gasteiger partial charge in [-0.15, -0.1) is 0 Å². The molecule has 0 aliphatic carbocycles. The van der Waals surface area contributed by atoms with Crippen LogP contribution in [0.15, 0.2) is 82.0 Å². The van der Waals surface area contributed by atoms with Crippen molar-refractivity contribution in [2.24, 2.45) is 0 Å². The number of fused-ring (bicyclic) bond motifs is 1. The van der Waals surface area contributed by atoms with E-state index in [9.17, 15) is 14.0 Å². The summed E-state index contributed by atoms with van der Waals surface area (Å²) < 4.78 is 24.1. The molecule has 1 aromatic heterocycles. The maximum atomic E-state index is 13.0. The first kappa shape index (κ1) is 17.7. The van der Waals surface area contributed by atoms with Gasteiger partial charge in [0.25, 0.3) is 0 Å². The molecule has 0 radical (unpaired) electrons. The largest absolute Gasteiger partial charge is 0.460 e. The van der Waals surface area contributed by atoms with Crippen LogP contribution >= 0.6 is 0 Å². The zero-order chi connectivity index (χ0) is 19.7. The highest BCUT2D eigenvalue weighted by molar-refractivity contribution is 5.92. The molecule has 138 valence electrons. The van der Waals surface area contributed by atoms with Crippen LogP contribution in [-0.4, -0.2) is 5.97 Å². The molecule has 0 amide bonds. The normalized spacial score (nSPS) is 10.8. The molecular formula is C23H15FO4. The van der Waals surface area contributed by atoms with Crippen molar-refractivity contribution in [1.82, 2.24) is 0 Å². The molecule has 28 heavy (non-hydrogen) atoms. The molecule has 0 saturated carbocycles. The van der Waals surface area contributed by atoms with Gasteiger partial charge in [0.05, 0.1) is 16.5 Å². The summed E-state index contributed by atoms with van der Waals surface area (Å²) in [5.74, 6) is -0.351. The van der Waals surface area contributed by atoms with Gasteiger partial charge in [0.1, 0.15) is 22.9 Å². The molecule has 0 saturated heterocycles. The highest BCUT2D eigenvalue weighted by Crippen LogP contribution is 2.26. The number of benzene rings is 3. The van der Waals surface area contributed by atoms with Gasteiger partial charge >= 0.3 is 5.97 Å². The highest BCUT2D eigenvalue weighted by Gasteiger charge is 2.15. The fraction of sp³-hybridized carbons (Fsp3) is 0.0435. The van der Waals surface area contributed by atoms with E-state index in [-0.39, 0.29) is 16.7 Å². The van der Waals surface area contributed by atoms with Crippen molar-refractivity contribution in [3.05, 3.63) is 100 Å². The van der Waals surface area contributed by atoms with Gasteiger partial charge in [0.2, 0.25) is 5.43 Å². The molecule has 1 heterocycles. The van der Waals surface area contributed by atoms with E-state index in [4.69, 9.17) is 9.15 Å². The van der Waals surface area contributed by atoms with Crippen molar-refractivity contribution in [3.8, 4) is 16.9 Å². The van der Waals surface area contributed by atoms with Crippen LogP contribution < -0.4 is 10.2 Å². The first-order valence-electron chi connectivity index (χ1n) is 8.63. The van der Waals surface area contributed by atoms with Crippen molar-refractivity contribution in [2.45, 2.75) is 6.92 Å². The zero-order valence-corrected chi connectivity index (χ0v) is 14.9. The number of esters is 1. The van der Waals surface area contributed by atoms with Crippen LogP contribution in [0.1, 0.15) is 16.1 Å². The zero-order valence-electron chi connectivity index (χ0n) is 14.9. The minimum atomic E-state index is -0.626. The average molecular weight is 374 g/mol. The van der Waals surface area contributed by atoms with Crippen molar-refractivity contribution < 1.29 is 18.3 Å². The quantitative estimate of drug-likeness (QED) is 0.369. The molecule has 0 N–H and O–H groups in total. The van der Waals surface area contributed by atoms with Gasteiger partial charge in [-0.2, -0.15) is 0 Å². The summed E-state index contributed by atoms with van der Waals surface area (Å²) in [7, 11) is 0. The SMILES string of the molecule is Cc1oc2cc(OC(=O)c3ccc(F)cc3)ccc2c(=O)c1-c1ccccc1. The third-order valence-electron chi connectivity index (χ3n) is 4.39. The van der Waals surface area contributed by atoms with E-state index < -0.39 is 11.8 Å². The Morgan fingerprint density at radius 2 is 1.68 bits per heavy atom. The monoisotopic (exact) mass is 374 g/mol. The second-order valence-corrected chi connectivity index (χ2v) is 6.28. The fourth-order valence-electron chi connectivity index (χ4n) is 3.04. The van der Waals surface area contributed by atoms with Crippen molar-refractivity contribution in [1.29, 1.82) is 0 Å². The third kappa shape index (κ3) is 3.30. The second-order valence-electron chi connectivity index (χ2n) is 6.28. The molecule has 4 nitrogen and oxygen atoms in total. The van der Waals surface area contributed by atoms with Crippen LogP contribution in [0.5, 0.6) is 5.75 Å². The first-order valence-corrected chi connectivity index (χ1v) is 8.63. The lowest BCUT2D eigenvalue weighted by atomic mass is 10.0. The van der Waals surface area contributed by atoms with Gasteiger partial charge in [-0.25, -0.2) is 9.18 Å². The summed E-state index contributed by atoms with van der Waals surface area (Å²) >= 11 is 0. The van der Waals surface area contributed by atoms with Crippen LogP contribution in [0.3, 0.4) is 0 Å². The minimum absolute atomic E-state index is 0.152. The Hall–Kier alpha value is -3.73. The molecule has 4 aromatic rings. The molecule has 0 unspecified atom stereocenters. The number of hydrogen-bond donors (Lipinski definition) is 0. The smallest absolute Gasteiger partial charge is 0.343 e. The average Bonchev–Trinajstić information content (AvgIpc) is 2.69. The van der Waals surface area contributed by atoms with E-state index in [1.165, 1.54) is 36.4 Å². The predicted molar refractivity (Wildman–Crippen MR) is 104 cm³/mol. The molecule has 5 heteroatoms. The summed E-state index contributed by atoms with van der Waals surface area (Å²) in [5.41, 5.74) is 1.68. The molecule has 0 fully saturated rings. The maximum Gasteiger partial charge on any atom is 0.343 e. The van der Waals surface area contributed by atoms with Gasteiger partial charge in [-0.05, 0) is 48.9 Å². The fourth-order valence-corrected chi connectivity index (χ4v) is 3.04. The van der Waals surface area contributed by atoms with Gasteiger partial charge in [-0.1, -0.05) is 30.3 Å². The maximum absolute atomic E-state index is 13.0. The number of hydrogen-bond acceptors (Lipinski definition) is 4.